The fourth-order valence-electron chi connectivity index (χ4n) is 4.66. The van der Waals surface area contributed by atoms with Crippen LogP contribution in [0.15, 0.2) is 36.7 Å². The van der Waals surface area contributed by atoms with E-state index in [1.807, 2.05) is 0 Å². The number of anilines is 2. The van der Waals surface area contributed by atoms with Gasteiger partial charge in [0.2, 0.25) is 0 Å². The average Bonchev–Trinajstić information content (AvgIpc) is 2.85. The lowest BCUT2D eigenvalue weighted by Gasteiger charge is -2.44. The maximum atomic E-state index is 14.6. The van der Waals surface area contributed by atoms with Gasteiger partial charge < -0.3 is 19.9 Å². The number of carboxylic acid groups (broad SMARTS) is 1. The molecule has 4 rings (SSSR count). The molecule has 1 aliphatic heterocycles. The first-order valence-electron chi connectivity index (χ1n) is 12.0. The largest absolute Gasteiger partial charge is 0.519 e. The van der Waals surface area contributed by atoms with Crippen LogP contribution in [0.25, 0.3) is 10.9 Å². The van der Waals surface area contributed by atoms with E-state index in [0.29, 0.717) is 22.3 Å². The summed E-state index contributed by atoms with van der Waals surface area (Å²) in [5, 5.41) is 13.9. The number of hydrogen-bond acceptors (Lipinski definition) is 7. The Morgan fingerprint density at radius 3 is 2.63 bits per heavy atom. The zero-order valence-electron chi connectivity index (χ0n) is 21.8. The van der Waals surface area contributed by atoms with Gasteiger partial charge in [0, 0.05) is 17.5 Å². The number of benzene rings is 2. The van der Waals surface area contributed by atoms with E-state index in [1.54, 1.807) is 45.9 Å². The summed E-state index contributed by atoms with van der Waals surface area (Å²) in [6.07, 6.45) is -0.289. The molecular formula is C26H30ClFN5O5+. The second-order valence-corrected chi connectivity index (χ2v) is 10.5. The Morgan fingerprint density at radius 2 is 2.00 bits per heavy atom. The maximum absolute atomic E-state index is 14.6. The Kier molecular flexibility index (Phi) is 7.35. The van der Waals surface area contributed by atoms with E-state index in [4.69, 9.17) is 21.1 Å². The van der Waals surface area contributed by atoms with Gasteiger partial charge in [0.1, 0.15) is 30.3 Å². The number of carbonyl (C=O) groups is 2. The van der Waals surface area contributed by atoms with Crippen LogP contribution >= 0.6 is 11.6 Å². The molecule has 1 saturated heterocycles. The molecule has 38 heavy (non-hydrogen) atoms. The Balaban J connectivity index is 1.79. The van der Waals surface area contributed by atoms with Crippen molar-refractivity contribution in [3.8, 4) is 5.75 Å². The van der Waals surface area contributed by atoms with E-state index in [-0.39, 0.29) is 36.2 Å². The van der Waals surface area contributed by atoms with Crippen LogP contribution in [0.3, 0.4) is 0 Å². The van der Waals surface area contributed by atoms with E-state index in [1.165, 1.54) is 30.5 Å². The van der Waals surface area contributed by atoms with Crippen LogP contribution in [-0.2, 0) is 4.74 Å². The highest BCUT2D eigenvalue weighted by atomic mass is 35.5. The highest BCUT2D eigenvalue weighted by Crippen LogP contribution is 2.42. The summed E-state index contributed by atoms with van der Waals surface area (Å²) in [5.74, 6) is -0.0599. The van der Waals surface area contributed by atoms with Gasteiger partial charge in [0.15, 0.2) is 17.3 Å². The monoisotopic (exact) mass is 546 g/mol. The highest BCUT2D eigenvalue weighted by Gasteiger charge is 2.51. The summed E-state index contributed by atoms with van der Waals surface area (Å²) in [7, 11) is 1.45. The predicted octanol–water partition coefficient (Wildman–Crippen LogP) is 5.80. The predicted molar refractivity (Wildman–Crippen MR) is 143 cm³/mol. The van der Waals surface area contributed by atoms with Crippen LogP contribution in [0, 0.1) is 5.82 Å². The van der Waals surface area contributed by atoms with Crippen molar-refractivity contribution in [2.24, 2.45) is 0 Å². The lowest BCUT2D eigenvalue weighted by atomic mass is 10.0. The number of fused-ring (bicyclic) bond motifs is 1. The number of nitrogens with zero attached hydrogens (tertiary/aromatic N) is 4. The topological polar surface area (TPSA) is 114 Å². The molecule has 2 aromatic carbocycles. The molecule has 2 N–H and O–H groups in total. The van der Waals surface area contributed by atoms with Gasteiger partial charge in [-0.15, -0.1) is 0 Å². The molecule has 1 aromatic heterocycles. The zero-order valence-corrected chi connectivity index (χ0v) is 22.5. The average molecular weight is 547 g/mol. The number of amides is 2. The van der Waals surface area contributed by atoms with Crippen molar-refractivity contribution < 1.29 is 28.6 Å². The van der Waals surface area contributed by atoms with Gasteiger partial charge in [-0.2, -0.15) is 9.28 Å². The minimum atomic E-state index is -1.11. The van der Waals surface area contributed by atoms with Crippen molar-refractivity contribution in [3.05, 3.63) is 47.5 Å². The molecule has 12 heteroatoms. The summed E-state index contributed by atoms with van der Waals surface area (Å²) in [6, 6.07) is 7.26. The maximum Gasteiger partial charge on any atom is 0.519 e. The first-order chi connectivity index (χ1) is 17.9. The van der Waals surface area contributed by atoms with Gasteiger partial charge in [-0.3, -0.25) is 4.90 Å². The molecule has 0 aliphatic carbocycles. The minimum Gasteiger partial charge on any atom is -0.491 e. The lowest BCUT2D eigenvalue weighted by Crippen LogP contribution is -2.69. The second-order valence-electron chi connectivity index (χ2n) is 10.1. The van der Waals surface area contributed by atoms with Gasteiger partial charge in [0.05, 0.1) is 36.4 Å². The van der Waals surface area contributed by atoms with Crippen LogP contribution in [0.5, 0.6) is 5.75 Å². The number of halogens is 2. The summed E-state index contributed by atoms with van der Waals surface area (Å²) >= 11 is 5.93. The van der Waals surface area contributed by atoms with Crippen LogP contribution in [0.4, 0.5) is 31.2 Å². The molecule has 3 aromatic rings. The number of nitrogens with one attached hydrogen (secondary N) is 1. The van der Waals surface area contributed by atoms with Crippen LogP contribution < -0.4 is 14.5 Å². The summed E-state index contributed by atoms with van der Waals surface area (Å²) < 4.78 is 25.2. The smallest absolute Gasteiger partial charge is 0.491 e. The van der Waals surface area contributed by atoms with Gasteiger partial charge >= 0.3 is 12.2 Å². The van der Waals surface area contributed by atoms with Crippen molar-refractivity contribution in [1.82, 2.24) is 19.4 Å². The van der Waals surface area contributed by atoms with Crippen LogP contribution in [0.2, 0.25) is 5.02 Å². The Morgan fingerprint density at radius 1 is 1.26 bits per heavy atom. The van der Waals surface area contributed by atoms with Gasteiger partial charge in [0.25, 0.3) is 0 Å². The van der Waals surface area contributed by atoms with E-state index >= 15 is 0 Å². The molecule has 0 saturated carbocycles. The number of ether oxygens (including phenoxy) is 2. The first-order valence-corrected chi connectivity index (χ1v) is 12.4. The van der Waals surface area contributed by atoms with Crippen molar-refractivity contribution in [2.75, 3.05) is 32.1 Å². The molecule has 0 bridgehead atoms. The Labute approximate surface area is 224 Å². The van der Waals surface area contributed by atoms with Crippen molar-refractivity contribution >= 4 is 51.9 Å². The number of aromatic nitrogens is 2. The molecule has 1 unspecified atom stereocenters. The van der Waals surface area contributed by atoms with Crippen molar-refractivity contribution in [2.45, 2.75) is 39.3 Å². The number of carbonyl (C=O) groups excluding carboxylic acids is 1. The zero-order chi connectivity index (χ0) is 27.8. The molecule has 1 aliphatic rings. The third kappa shape index (κ3) is 5.03. The fraction of sp³-hybridized carbons (Fsp3) is 0.385. The number of hydrogen-bond donors (Lipinski definition) is 2. The SMILES string of the molecule is COc1cc2ncnc(Nc3cccc(Cl)c3F)c2cc1[N+]1(C(=O)O)CCN(C(=O)OC(C)(C)C)C[C@H]1C. The van der Waals surface area contributed by atoms with Crippen LogP contribution in [0.1, 0.15) is 27.7 Å². The van der Waals surface area contributed by atoms with E-state index in [2.05, 4.69) is 15.3 Å². The normalized spacial score (nSPS) is 19.8. The number of piperazine rings is 1. The van der Waals surface area contributed by atoms with E-state index in [9.17, 15) is 19.1 Å². The molecule has 2 heterocycles. The van der Waals surface area contributed by atoms with E-state index in [0.717, 1.165) is 0 Å². The molecule has 0 spiro atoms. The number of rotatable bonds is 4. The molecule has 0 radical (unpaired) electrons. The Hall–Kier alpha value is -3.70. The quantitative estimate of drug-likeness (QED) is 0.395. The molecule has 1 fully saturated rings. The molecule has 10 nitrogen and oxygen atoms in total. The van der Waals surface area contributed by atoms with Gasteiger partial charge in [-0.25, -0.2) is 19.2 Å². The summed E-state index contributed by atoms with van der Waals surface area (Å²) in [6.45, 7) is 7.45. The van der Waals surface area contributed by atoms with Crippen LogP contribution in [-0.4, -0.2) is 70.5 Å². The standard InChI is InChI=1S/C26H29ClFN5O5/c1-15-13-32(24(34)38-26(2,3)4)9-10-33(15,25(35)36)20-11-16-19(12-21(20)37-5)29-14-30-23(16)31-18-8-6-7-17(27)22(18)28/h6-8,11-12,14-15H,9-10,13H2,1-5H3,(H-,29,30,31,35,36)/p+1/t15-,33?/m1/s1. The summed E-state index contributed by atoms with van der Waals surface area (Å²) in [4.78, 5) is 35.7. The summed E-state index contributed by atoms with van der Waals surface area (Å²) in [5.41, 5.74) is 0.253. The van der Waals surface area contributed by atoms with E-state index < -0.39 is 34.1 Å². The minimum absolute atomic E-state index is 0.0530. The third-order valence-electron chi connectivity index (χ3n) is 6.52. The van der Waals surface area contributed by atoms with Crippen molar-refractivity contribution in [1.29, 1.82) is 0 Å². The Bertz CT molecular complexity index is 1400. The lowest BCUT2D eigenvalue weighted by molar-refractivity contribution is 0.00791. The molecule has 202 valence electrons. The highest BCUT2D eigenvalue weighted by molar-refractivity contribution is 6.31. The second kappa shape index (κ2) is 10.2. The fourth-order valence-corrected chi connectivity index (χ4v) is 4.84. The molecular weight excluding hydrogens is 517 g/mol. The third-order valence-corrected chi connectivity index (χ3v) is 6.82. The van der Waals surface area contributed by atoms with Gasteiger partial charge in [-0.05, 0) is 39.8 Å². The van der Waals surface area contributed by atoms with Crippen molar-refractivity contribution in [3.63, 3.8) is 0 Å². The number of quaternary nitrogens is 1. The first kappa shape index (κ1) is 27.3. The van der Waals surface area contributed by atoms with Gasteiger partial charge in [-0.1, -0.05) is 17.7 Å². The molecule has 2 amide bonds. The molecule has 2 atom stereocenters. The number of methoxy groups -OCH3 is 1.